The van der Waals surface area contributed by atoms with Crippen molar-refractivity contribution in [2.75, 3.05) is 17.3 Å². The van der Waals surface area contributed by atoms with Gasteiger partial charge < -0.3 is 5.32 Å². The lowest BCUT2D eigenvalue weighted by atomic mass is 9.81. The SMILES string of the molecule is Cc1cc(NCCC2CCC(C)CC2)nc(NN)n1. The molecule has 1 aromatic heterocycles. The summed E-state index contributed by atoms with van der Waals surface area (Å²) in [6.07, 6.45) is 6.75. The van der Waals surface area contributed by atoms with Crippen molar-refractivity contribution in [1.82, 2.24) is 9.97 Å². The van der Waals surface area contributed by atoms with Crippen LogP contribution >= 0.6 is 0 Å². The van der Waals surface area contributed by atoms with Crippen LogP contribution in [0.3, 0.4) is 0 Å². The summed E-state index contributed by atoms with van der Waals surface area (Å²) >= 11 is 0. The van der Waals surface area contributed by atoms with E-state index in [0.29, 0.717) is 5.95 Å². The summed E-state index contributed by atoms with van der Waals surface area (Å²) in [4.78, 5) is 8.46. The molecule has 106 valence electrons. The predicted octanol–water partition coefficient (Wildman–Crippen LogP) is 2.70. The Kier molecular flexibility index (Phi) is 4.96. The minimum absolute atomic E-state index is 0.467. The fraction of sp³-hybridized carbons (Fsp3) is 0.714. The molecule has 19 heavy (non-hydrogen) atoms. The van der Waals surface area contributed by atoms with E-state index in [9.17, 15) is 0 Å². The van der Waals surface area contributed by atoms with E-state index in [-0.39, 0.29) is 0 Å². The van der Waals surface area contributed by atoms with Crippen LogP contribution in [-0.2, 0) is 0 Å². The van der Waals surface area contributed by atoms with Gasteiger partial charge in [0.2, 0.25) is 5.95 Å². The maximum Gasteiger partial charge on any atom is 0.239 e. The second kappa shape index (κ2) is 6.70. The maximum absolute atomic E-state index is 5.34. The zero-order valence-corrected chi connectivity index (χ0v) is 11.9. The fourth-order valence-electron chi connectivity index (χ4n) is 2.75. The Hall–Kier alpha value is -1.36. The lowest BCUT2D eigenvalue weighted by Gasteiger charge is -2.26. The minimum atomic E-state index is 0.467. The Labute approximate surface area is 115 Å². The highest BCUT2D eigenvalue weighted by Gasteiger charge is 2.17. The summed E-state index contributed by atoms with van der Waals surface area (Å²) in [7, 11) is 0. The molecule has 0 radical (unpaired) electrons. The Bertz CT molecular complexity index is 399. The molecule has 1 aromatic rings. The van der Waals surface area contributed by atoms with Crippen molar-refractivity contribution in [3.05, 3.63) is 11.8 Å². The monoisotopic (exact) mass is 263 g/mol. The van der Waals surface area contributed by atoms with Gasteiger partial charge in [0.1, 0.15) is 5.82 Å². The fourth-order valence-corrected chi connectivity index (χ4v) is 2.75. The van der Waals surface area contributed by atoms with Crippen molar-refractivity contribution >= 4 is 11.8 Å². The van der Waals surface area contributed by atoms with Crippen LogP contribution in [0.25, 0.3) is 0 Å². The van der Waals surface area contributed by atoms with Gasteiger partial charge in [0.15, 0.2) is 0 Å². The van der Waals surface area contributed by atoms with E-state index in [2.05, 4.69) is 27.6 Å². The van der Waals surface area contributed by atoms with Crippen LogP contribution in [0, 0.1) is 18.8 Å². The second-order valence-corrected chi connectivity index (χ2v) is 5.70. The van der Waals surface area contributed by atoms with Crippen LogP contribution in [0.5, 0.6) is 0 Å². The summed E-state index contributed by atoms with van der Waals surface area (Å²) in [6, 6.07) is 1.95. The quantitative estimate of drug-likeness (QED) is 0.562. The van der Waals surface area contributed by atoms with E-state index in [1.807, 2.05) is 13.0 Å². The van der Waals surface area contributed by atoms with Crippen molar-refractivity contribution in [2.45, 2.75) is 46.0 Å². The topological polar surface area (TPSA) is 75.9 Å². The molecule has 0 aliphatic heterocycles. The van der Waals surface area contributed by atoms with E-state index in [4.69, 9.17) is 5.84 Å². The van der Waals surface area contributed by atoms with Crippen molar-refractivity contribution in [3.63, 3.8) is 0 Å². The lowest BCUT2D eigenvalue weighted by molar-refractivity contribution is 0.282. The maximum atomic E-state index is 5.34. The Balaban J connectivity index is 1.77. The summed E-state index contributed by atoms with van der Waals surface area (Å²) in [5.74, 6) is 8.46. The Morgan fingerprint density at radius 3 is 2.68 bits per heavy atom. The number of hydrazine groups is 1. The molecule has 0 unspecified atom stereocenters. The van der Waals surface area contributed by atoms with Gasteiger partial charge in [-0.05, 0) is 25.2 Å². The third kappa shape index (κ3) is 4.35. The number of rotatable bonds is 5. The smallest absolute Gasteiger partial charge is 0.239 e. The molecule has 1 aliphatic carbocycles. The average molecular weight is 263 g/mol. The van der Waals surface area contributed by atoms with Crippen molar-refractivity contribution in [3.8, 4) is 0 Å². The summed E-state index contributed by atoms with van der Waals surface area (Å²) in [5, 5.41) is 3.37. The van der Waals surface area contributed by atoms with Crippen LogP contribution in [0.1, 0.15) is 44.7 Å². The molecule has 5 nitrogen and oxygen atoms in total. The first-order valence-electron chi connectivity index (χ1n) is 7.23. The third-order valence-corrected chi connectivity index (χ3v) is 3.98. The molecule has 0 bridgehead atoms. The van der Waals surface area contributed by atoms with Crippen LogP contribution in [-0.4, -0.2) is 16.5 Å². The van der Waals surface area contributed by atoms with Crippen molar-refractivity contribution in [2.24, 2.45) is 17.7 Å². The summed E-state index contributed by atoms with van der Waals surface area (Å²) in [6.45, 7) is 5.27. The molecule has 1 heterocycles. The zero-order valence-electron chi connectivity index (χ0n) is 11.9. The highest BCUT2D eigenvalue weighted by Crippen LogP contribution is 2.30. The Morgan fingerprint density at radius 1 is 1.26 bits per heavy atom. The third-order valence-electron chi connectivity index (χ3n) is 3.98. The van der Waals surface area contributed by atoms with E-state index in [1.165, 1.54) is 32.1 Å². The molecule has 1 aliphatic rings. The molecule has 0 saturated heterocycles. The van der Waals surface area contributed by atoms with Gasteiger partial charge in [0.05, 0.1) is 0 Å². The molecule has 0 atom stereocenters. The molecular formula is C14H25N5. The summed E-state index contributed by atoms with van der Waals surface area (Å²) in [5.41, 5.74) is 3.40. The van der Waals surface area contributed by atoms with Gasteiger partial charge in [-0.15, -0.1) is 0 Å². The van der Waals surface area contributed by atoms with Crippen LogP contribution in [0.15, 0.2) is 6.07 Å². The van der Waals surface area contributed by atoms with Gasteiger partial charge in [0.25, 0.3) is 0 Å². The predicted molar refractivity (Wildman–Crippen MR) is 78.8 cm³/mol. The molecule has 0 spiro atoms. The molecule has 1 saturated carbocycles. The highest BCUT2D eigenvalue weighted by molar-refractivity contribution is 5.41. The van der Waals surface area contributed by atoms with Crippen LogP contribution in [0.2, 0.25) is 0 Å². The van der Waals surface area contributed by atoms with Gasteiger partial charge in [0, 0.05) is 18.3 Å². The van der Waals surface area contributed by atoms with E-state index >= 15 is 0 Å². The molecular weight excluding hydrogens is 238 g/mol. The molecule has 0 aromatic carbocycles. The first-order chi connectivity index (χ1) is 9.17. The van der Waals surface area contributed by atoms with Crippen molar-refractivity contribution in [1.29, 1.82) is 0 Å². The van der Waals surface area contributed by atoms with Crippen LogP contribution < -0.4 is 16.6 Å². The van der Waals surface area contributed by atoms with Crippen molar-refractivity contribution < 1.29 is 0 Å². The molecule has 5 heteroatoms. The van der Waals surface area contributed by atoms with Gasteiger partial charge >= 0.3 is 0 Å². The second-order valence-electron chi connectivity index (χ2n) is 5.70. The molecule has 2 rings (SSSR count). The van der Waals surface area contributed by atoms with Gasteiger partial charge in [-0.25, -0.2) is 10.8 Å². The highest BCUT2D eigenvalue weighted by atomic mass is 15.3. The zero-order chi connectivity index (χ0) is 13.7. The number of nitrogen functional groups attached to an aromatic ring is 1. The average Bonchev–Trinajstić information content (AvgIpc) is 2.40. The molecule has 4 N–H and O–H groups in total. The largest absolute Gasteiger partial charge is 0.370 e. The van der Waals surface area contributed by atoms with E-state index in [1.54, 1.807) is 0 Å². The van der Waals surface area contributed by atoms with Gasteiger partial charge in [-0.2, -0.15) is 4.98 Å². The number of anilines is 2. The minimum Gasteiger partial charge on any atom is -0.370 e. The standard InChI is InChI=1S/C14H25N5/c1-10-3-5-12(6-4-10)7-8-16-13-9-11(2)17-14(18-13)19-15/h9-10,12H,3-8,15H2,1-2H3,(H2,16,17,18,19). The summed E-state index contributed by atoms with van der Waals surface area (Å²) < 4.78 is 0. The number of aryl methyl sites for hydroxylation is 1. The lowest BCUT2D eigenvalue weighted by Crippen LogP contribution is -2.17. The first-order valence-corrected chi connectivity index (χ1v) is 7.23. The van der Waals surface area contributed by atoms with Gasteiger partial charge in [-0.1, -0.05) is 32.6 Å². The number of aromatic nitrogens is 2. The Morgan fingerprint density at radius 2 is 2.00 bits per heavy atom. The van der Waals surface area contributed by atoms with Gasteiger partial charge in [-0.3, -0.25) is 5.43 Å². The number of nitrogens with two attached hydrogens (primary N) is 1. The molecule has 0 amide bonds. The van der Waals surface area contributed by atoms with E-state index < -0.39 is 0 Å². The first kappa shape index (κ1) is 14.1. The number of nitrogens with zero attached hydrogens (tertiary/aromatic N) is 2. The number of nitrogens with one attached hydrogen (secondary N) is 2. The number of hydrogen-bond donors (Lipinski definition) is 3. The molecule has 1 fully saturated rings. The normalized spacial score (nSPS) is 23.1. The number of hydrogen-bond acceptors (Lipinski definition) is 5. The van der Waals surface area contributed by atoms with E-state index in [0.717, 1.165) is 29.9 Å². The van der Waals surface area contributed by atoms with Crippen LogP contribution in [0.4, 0.5) is 11.8 Å².